The second-order valence-corrected chi connectivity index (χ2v) is 6.82. The summed E-state index contributed by atoms with van der Waals surface area (Å²) in [6.07, 6.45) is 5.34. The minimum absolute atomic E-state index is 0.0187. The van der Waals surface area contributed by atoms with E-state index in [0.29, 0.717) is 10.1 Å². The van der Waals surface area contributed by atoms with Crippen molar-refractivity contribution in [3.8, 4) is 0 Å². The molecule has 0 fully saturated rings. The molecule has 3 rings (SSSR count). The molecule has 2 aromatic rings. The number of allylic oxidation sites excluding steroid dienone is 1. The van der Waals surface area contributed by atoms with Crippen LogP contribution in [0.3, 0.4) is 0 Å². The van der Waals surface area contributed by atoms with Crippen LogP contribution in [-0.2, 0) is 0 Å². The van der Waals surface area contributed by atoms with E-state index in [1.165, 1.54) is 11.8 Å². The fourth-order valence-corrected chi connectivity index (χ4v) is 2.89. The predicted octanol–water partition coefficient (Wildman–Crippen LogP) is -2.53. The van der Waals surface area contributed by atoms with Crippen molar-refractivity contribution in [1.29, 1.82) is 0 Å². The third-order valence-corrected chi connectivity index (χ3v) is 4.05. The molecular formula is C15H14ClN3O5S. The van der Waals surface area contributed by atoms with Crippen LogP contribution in [0.1, 0.15) is 10.4 Å². The number of benzene rings is 1. The Bertz CT molecular complexity index is 784. The van der Waals surface area contributed by atoms with Crippen molar-refractivity contribution in [2.45, 2.75) is 5.16 Å². The molecule has 0 spiro atoms. The van der Waals surface area contributed by atoms with Crippen LogP contribution in [0, 0.1) is 10.2 Å². The zero-order chi connectivity index (χ0) is 18.6. The fraction of sp³-hybridized carbons (Fsp3) is 0.133. The minimum atomic E-state index is -4.94. The first-order chi connectivity index (χ1) is 11.6. The Labute approximate surface area is 150 Å². The summed E-state index contributed by atoms with van der Waals surface area (Å²) in [5.74, 6) is -0.0187. The van der Waals surface area contributed by atoms with E-state index in [1.54, 1.807) is 23.0 Å². The molecule has 0 saturated carbocycles. The van der Waals surface area contributed by atoms with Crippen LogP contribution >= 0.6 is 11.8 Å². The van der Waals surface area contributed by atoms with Crippen LogP contribution < -0.4 is 28.1 Å². The number of carbonyl (C=O) groups excluding carboxylic acids is 1. The number of halogens is 1. The zero-order valence-corrected chi connectivity index (χ0v) is 14.9. The lowest BCUT2D eigenvalue weighted by atomic mass is 10.2. The third kappa shape index (κ3) is 5.78. The van der Waals surface area contributed by atoms with Crippen LogP contribution in [0.5, 0.6) is 0 Å². The second-order valence-electron chi connectivity index (χ2n) is 5.05. The van der Waals surface area contributed by atoms with Crippen molar-refractivity contribution < 1.29 is 38.2 Å². The van der Waals surface area contributed by atoms with Gasteiger partial charge in [0.2, 0.25) is 0 Å². The zero-order valence-electron chi connectivity index (χ0n) is 13.3. The van der Waals surface area contributed by atoms with Gasteiger partial charge in [-0.15, -0.1) is 10.2 Å². The largest absolute Gasteiger partial charge is 0.378 e. The van der Waals surface area contributed by atoms with Crippen LogP contribution in [-0.4, -0.2) is 25.0 Å². The highest BCUT2D eigenvalue weighted by molar-refractivity contribution is 8.04. The number of rotatable bonds is 2. The maximum absolute atomic E-state index is 12.2. The summed E-state index contributed by atoms with van der Waals surface area (Å²) in [4.78, 5) is 19.1. The summed E-state index contributed by atoms with van der Waals surface area (Å²) in [5, 5.41) is 0.716. The number of thioether (sulfide) groups is 1. The van der Waals surface area contributed by atoms with Gasteiger partial charge in [0, 0.05) is 37.6 Å². The maximum atomic E-state index is 12.2. The Morgan fingerprint density at radius 3 is 2.28 bits per heavy atom. The van der Waals surface area contributed by atoms with E-state index in [-0.39, 0.29) is 5.91 Å². The number of aromatic nitrogens is 2. The van der Waals surface area contributed by atoms with Gasteiger partial charge in [-0.25, -0.2) is 23.4 Å². The molecule has 0 unspecified atom stereocenters. The topological polar surface area (TPSA) is 129 Å². The highest BCUT2D eigenvalue weighted by Crippen LogP contribution is 2.29. The Hall–Kier alpha value is -2.01. The van der Waals surface area contributed by atoms with E-state index in [4.69, 9.17) is 18.6 Å². The lowest BCUT2D eigenvalue weighted by Crippen LogP contribution is -2.68. The highest BCUT2D eigenvalue weighted by Gasteiger charge is 2.33. The molecule has 1 aromatic heterocycles. The molecule has 0 atom stereocenters. The molecule has 0 aliphatic carbocycles. The predicted molar refractivity (Wildman–Crippen MR) is 79.7 cm³/mol. The van der Waals surface area contributed by atoms with Crippen LogP contribution in [0.2, 0.25) is 0 Å². The van der Waals surface area contributed by atoms with E-state index in [2.05, 4.69) is 4.98 Å². The van der Waals surface area contributed by atoms with Crippen LogP contribution in [0.4, 0.5) is 5.69 Å². The van der Waals surface area contributed by atoms with E-state index >= 15 is 0 Å². The number of fused-ring (bicyclic) bond motifs is 1. The minimum Gasteiger partial charge on any atom is -0.378 e. The first-order valence-electron chi connectivity index (χ1n) is 6.85. The van der Waals surface area contributed by atoms with Crippen molar-refractivity contribution in [2.75, 3.05) is 19.0 Å². The summed E-state index contributed by atoms with van der Waals surface area (Å²) in [5.41, 5.74) is 2.15. The summed E-state index contributed by atoms with van der Waals surface area (Å²) in [6, 6.07) is 9.86. The molecule has 0 radical (unpaired) electrons. The van der Waals surface area contributed by atoms with E-state index in [0.717, 1.165) is 11.3 Å². The lowest BCUT2D eigenvalue weighted by Gasteiger charge is -2.17. The van der Waals surface area contributed by atoms with Crippen LogP contribution in [0.25, 0.3) is 6.08 Å². The molecule has 132 valence electrons. The maximum Gasteiger partial charge on any atom is 0.372 e. The molecule has 1 aromatic carbocycles. The first-order valence-corrected chi connectivity index (χ1v) is 8.90. The molecule has 1 aliphatic heterocycles. The normalized spacial score (nSPS) is 14.8. The quantitative estimate of drug-likeness (QED) is 0.315. The number of hydrogen-bond donors (Lipinski definition) is 0. The summed E-state index contributed by atoms with van der Waals surface area (Å²) < 4.78 is 35.5. The fourth-order valence-electron chi connectivity index (χ4n) is 1.96. The van der Waals surface area contributed by atoms with Gasteiger partial charge in [0.25, 0.3) is 0 Å². The number of nitrogens with zero attached hydrogens (tertiary/aromatic N) is 3. The number of hydrogen-bond acceptors (Lipinski definition) is 8. The van der Waals surface area contributed by atoms with E-state index in [1.807, 2.05) is 49.3 Å². The molecule has 8 nitrogen and oxygen atoms in total. The van der Waals surface area contributed by atoms with E-state index < -0.39 is 10.2 Å². The SMILES string of the molecule is CN(C)c1ccc(C=C2Sc3nccc[n+]3C2=O)cc1.[O-][Cl+3]([O-])([O-])[O-]. The molecule has 2 heterocycles. The molecule has 0 bridgehead atoms. The Morgan fingerprint density at radius 1 is 1.16 bits per heavy atom. The molecule has 0 N–H and O–H groups in total. The van der Waals surface area contributed by atoms with Gasteiger partial charge in [-0.2, -0.15) is 4.57 Å². The van der Waals surface area contributed by atoms with Crippen LogP contribution in [0.15, 0.2) is 52.8 Å². The molecule has 0 amide bonds. The molecule has 1 aliphatic rings. The molecule has 0 saturated heterocycles. The summed E-state index contributed by atoms with van der Waals surface area (Å²) >= 11 is 1.40. The Balaban J connectivity index is 0.000000399. The van der Waals surface area contributed by atoms with Gasteiger partial charge >= 0.3 is 11.1 Å². The van der Waals surface area contributed by atoms with Gasteiger partial charge in [0.15, 0.2) is 0 Å². The molecule has 10 heteroatoms. The summed E-state index contributed by atoms with van der Waals surface area (Å²) in [6.45, 7) is 0. The monoisotopic (exact) mass is 383 g/mol. The van der Waals surface area contributed by atoms with Crippen molar-refractivity contribution >= 4 is 29.4 Å². The standard InChI is InChI=1S/C15H14N3OS.ClHO4/c1-17(2)12-6-4-11(5-7-12)10-13-14(19)18-9-3-8-16-15(18)20-13;2-1(3,4)5/h3-10H,1-2H3;(H,2,3,4,5)/q+1;/p-1. The summed E-state index contributed by atoms with van der Waals surface area (Å²) in [7, 11) is -0.939. The average molecular weight is 384 g/mol. The molecule has 25 heavy (non-hydrogen) atoms. The van der Waals surface area contributed by atoms with Gasteiger partial charge < -0.3 is 4.90 Å². The Kier molecular flexibility index (Phi) is 6.11. The van der Waals surface area contributed by atoms with Crippen molar-refractivity contribution in [3.63, 3.8) is 0 Å². The van der Waals surface area contributed by atoms with Gasteiger partial charge in [-0.1, -0.05) is 12.1 Å². The third-order valence-electron chi connectivity index (χ3n) is 3.05. The smallest absolute Gasteiger partial charge is 0.372 e. The molecular weight excluding hydrogens is 370 g/mol. The van der Waals surface area contributed by atoms with Gasteiger partial charge in [-0.3, -0.25) is 0 Å². The Morgan fingerprint density at radius 2 is 1.76 bits per heavy atom. The number of anilines is 1. The lowest BCUT2D eigenvalue weighted by molar-refractivity contribution is -2.00. The average Bonchev–Trinajstić information content (AvgIpc) is 2.83. The number of carbonyl (C=O) groups is 1. The highest BCUT2D eigenvalue weighted by atomic mass is 35.7. The van der Waals surface area contributed by atoms with Gasteiger partial charge in [0.05, 0.1) is 0 Å². The van der Waals surface area contributed by atoms with Gasteiger partial charge in [0.1, 0.15) is 17.3 Å². The first kappa shape index (κ1) is 19.3. The van der Waals surface area contributed by atoms with Crippen molar-refractivity contribution in [3.05, 3.63) is 53.2 Å². The van der Waals surface area contributed by atoms with Gasteiger partial charge in [-0.05, 0) is 28.8 Å². The van der Waals surface area contributed by atoms with E-state index in [9.17, 15) is 4.79 Å². The second kappa shape index (κ2) is 7.91. The van der Waals surface area contributed by atoms with Crippen molar-refractivity contribution in [2.24, 2.45) is 0 Å². The van der Waals surface area contributed by atoms with Crippen molar-refractivity contribution in [1.82, 2.24) is 4.98 Å².